The van der Waals surface area contributed by atoms with Gasteiger partial charge >= 0.3 is 0 Å². The summed E-state index contributed by atoms with van der Waals surface area (Å²) in [5.74, 6) is 0.164. The minimum absolute atomic E-state index is 0.246. The molecule has 0 bridgehead atoms. The molecule has 0 aromatic heterocycles. The van der Waals surface area contributed by atoms with Crippen LogP contribution in [-0.4, -0.2) is 43.1 Å². The lowest BCUT2D eigenvalue weighted by atomic mass is 10.3. The average Bonchev–Trinajstić information content (AvgIpc) is 2.26. The Kier molecular flexibility index (Phi) is 5.39. The van der Waals surface area contributed by atoms with Gasteiger partial charge in [-0.1, -0.05) is 12.1 Å². The molecule has 2 N–H and O–H groups in total. The van der Waals surface area contributed by atoms with Crippen LogP contribution in [0.5, 0.6) is 11.5 Å². The summed E-state index contributed by atoms with van der Waals surface area (Å²) in [6.45, 7) is 2.04. The van der Waals surface area contributed by atoms with Crippen molar-refractivity contribution in [1.82, 2.24) is 0 Å². The van der Waals surface area contributed by atoms with Gasteiger partial charge in [-0.15, -0.1) is 0 Å². The maximum Gasteiger partial charge on any atom is 0.267 e. The summed E-state index contributed by atoms with van der Waals surface area (Å²) in [5.41, 5.74) is 0. The lowest BCUT2D eigenvalue weighted by Gasteiger charge is -2.14. The largest absolute Gasteiger partial charge is 0.490 e. The molecule has 0 aliphatic carbocycles. The third kappa shape index (κ3) is 5.35. The molecule has 1 aromatic rings. The van der Waals surface area contributed by atoms with E-state index in [-0.39, 0.29) is 6.61 Å². The number of benzene rings is 1. The zero-order chi connectivity index (χ0) is 13.6. The fourth-order valence-electron chi connectivity index (χ4n) is 1.32. The van der Waals surface area contributed by atoms with Crippen LogP contribution in [0.3, 0.4) is 0 Å². The molecule has 0 aliphatic heterocycles. The Bertz CT molecular complexity index is 470. The molecule has 0 aliphatic rings. The number of para-hydroxylation sites is 2. The van der Waals surface area contributed by atoms with E-state index in [9.17, 15) is 13.5 Å². The van der Waals surface area contributed by atoms with Crippen LogP contribution < -0.4 is 9.47 Å². The SMILES string of the molecule is CCOc1ccccc1OCC(O)CS(=O)(=O)O. The molecule has 1 unspecified atom stereocenters. The van der Waals surface area contributed by atoms with Crippen LogP contribution in [0.2, 0.25) is 0 Å². The number of hydrogen-bond acceptors (Lipinski definition) is 5. The predicted molar refractivity (Wildman–Crippen MR) is 65.5 cm³/mol. The lowest BCUT2D eigenvalue weighted by Crippen LogP contribution is -2.26. The molecule has 0 saturated heterocycles. The number of ether oxygens (including phenoxy) is 2. The normalized spacial score (nSPS) is 13.1. The summed E-state index contributed by atoms with van der Waals surface area (Å²) < 4.78 is 40.2. The summed E-state index contributed by atoms with van der Waals surface area (Å²) in [7, 11) is -4.21. The zero-order valence-electron chi connectivity index (χ0n) is 9.94. The van der Waals surface area contributed by atoms with Gasteiger partial charge in [0, 0.05) is 0 Å². The highest BCUT2D eigenvalue weighted by atomic mass is 32.2. The van der Waals surface area contributed by atoms with Crippen molar-refractivity contribution in [2.75, 3.05) is 19.0 Å². The Hall–Kier alpha value is -1.31. The lowest BCUT2D eigenvalue weighted by molar-refractivity contribution is 0.121. The fourth-order valence-corrected chi connectivity index (χ4v) is 1.90. The topological polar surface area (TPSA) is 93.1 Å². The van der Waals surface area contributed by atoms with E-state index >= 15 is 0 Å². The molecule has 0 fully saturated rings. The molecule has 6 nitrogen and oxygen atoms in total. The highest BCUT2D eigenvalue weighted by Crippen LogP contribution is 2.26. The van der Waals surface area contributed by atoms with Crippen LogP contribution in [0.15, 0.2) is 24.3 Å². The highest BCUT2D eigenvalue weighted by molar-refractivity contribution is 7.85. The first kappa shape index (κ1) is 14.7. The van der Waals surface area contributed by atoms with Crippen molar-refractivity contribution >= 4 is 10.1 Å². The summed E-state index contributed by atoms with van der Waals surface area (Å²) in [6.07, 6.45) is -1.30. The third-order valence-corrected chi connectivity index (χ3v) is 2.79. The van der Waals surface area contributed by atoms with Crippen LogP contribution in [-0.2, 0) is 10.1 Å². The molecule has 1 atom stereocenters. The number of rotatable bonds is 7. The van der Waals surface area contributed by atoms with Gasteiger partial charge in [0.25, 0.3) is 10.1 Å². The van der Waals surface area contributed by atoms with Crippen molar-refractivity contribution in [3.8, 4) is 11.5 Å². The van der Waals surface area contributed by atoms with E-state index in [1.54, 1.807) is 24.3 Å². The number of hydrogen-bond donors (Lipinski definition) is 2. The van der Waals surface area contributed by atoms with Crippen molar-refractivity contribution in [2.45, 2.75) is 13.0 Å². The third-order valence-electron chi connectivity index (χ3n) is 1.98. The van der Waals surface area contributed by atoms with E-state index in [0.29, 0.717) is 18.1 Å². The smallest absolute Gasteiger partial charge is 0.267 e. The van der Waals surface area contributed by atoms with Crippen molar-refractivity contribution in [2.24, 2.45) is 0 Å². The van der Waals surface area contributed by atoms with E-state index in [1.165, 1.54) is 0 Å². The first-order valence-electron chi connectivity index (χ1n) is 5.40. The predicted octanol–water partition coefficient (Wildman–Crippen LogP) is 0.713. The van der Waals surface area contributed by atoms with Gasteiger partial charge < -0.3 is 14.6 Å². The molecule has 0 spiro atoms. The van der Waals surface area contributed by atoms with Crippen molar-refractivity contribution in [1.29, 1.82) is 0 Å². The van der Waals surface area contributed by atoms with Crippen LogP contribution in [0.25, 0.3) is 0 Å². The molecule has 0 radical (unpaired) electrons. The zero-order valence-corrected chi connectivity index (χ0v) is 10.8. The van der Waals surface area contributed by atoms with Crippen LogP contribution in [0.4, 0.5) is 0 Å². The molecule has 0 heterocycles. The maximum atomic E-state index is 10.5. The quantitative estimate of drug-likeness (QED) is 0.713. The second kappa shape index (κ2) is 6.58. The Morgan fingerprint density at radius 3 is 2.28 bits per heavy atom. The average molecular weight is 276 g/mol. The second-order valence-corrected chi connectivity index (χ2v) is 5.09. The maximum absolute atomic E-state index is 10.5. The minimum atomic E-state index is -4.21. The van der Waals surface area contributed by atoms with Crippen LogP contribution >= 0.6 is 0 Å². The van der Waals surface area contributed by atoms with E-state index in [1.807, 2.05) is 6.92 Å². The summed E-state index contributed by atoms with van der Waals surface area (Å²) in [6, 6.07) is 6.85. The van der Waals surface area contributed by atoms with Crippen molar-refractivity contribution in [3.05, 3.63) is 24.3 Å². The van der Waals surface area contributed by atoms with E-state index in [4.69, 9.17) is 14.0 Å². The standard InChI is InChI=1S/C11H16O6S/c1-2-16-10-5-3-4-6-11(10)17-7-9(12)8-18(13,14)15/h3-6,9,12H,2,7-8H2,1H3,(H,13,14,15). The summed E-state index contributed by atoms with van der Waals surface area (Å²) >= 11 is 0. The Labute approximate surface area is 106 Å². The van der Waals surface area contributed by atoms with Crippen LogP contribution in [0.1, 0.15) is 6.92 Å². The summed E-state index contributed by atoms with van der Waals surface area (Å²) in [5, 5.41) is 9.36. The van der Waals surface area contributed by atoms with E-state index < -0.39 is 22.0 Å². The first-order chi connectivity index (χ1) is 8.42. The molecule has 7 heteroatoms. The first-order valence-corrected chi connectivity index (χ1v) is 7.01. The van der Waals surface area contributed by atoms with Crippen molar-refractivity contribution < 1.29 is 27.6 Å². The van der Waals surface area contributed by atoms with Gasteiger partial charge in [-0.25, -0.2) is 0 Å². The summed E-state index contributed by atoms with van der Waals surface area (Å²) in [4.78, 5) is 0. The minimum Gasteiger partial charge on any atom is -0.490 e. The van der Waals surface area contributed by atoms with Crippen molar-refractivity contribution in [3.63, 3.8) is 0 Å². The molecule has 0 amide bonds. The van der Waals surface area contributed by atoms with Gasteiger partial charge in [0.2, 0.25) is 0 Å². The number of aliphatic hydroxyl groups excluding tert-OH is 1. The Morgan fingerprint density at radius 2 is 1.78 bits per heavy atom. The monoisotopic (exact) mass is 276 g/mol. The molecular formula is C11H16O6S. The van der Waals surface area contributed by atoms with Gasteiger partial charge in [-0.2, -0.15) is 8.42 Å². The molecule has 102 valence electrons. The Morgan fingerprint density at radius 1 is 1.22 bits per heavy atom. The molecular weight excluding hydrogens is 260 g/mol. The van der Waals surface area contributed by atoms with Gasteiger partial charge in [-0.3, -0.25) is 4.55 Å². The van der Waals surface area contributed by atoms with Gasteiger partial charge in [0.1, 0.15) is 18.5 Å². The van der Waals surface area contributed by atoms with E-state index in [0.717, 1.165) is 0 Å². The van der Waals surface area contributed by atoms with Crippen LogP contribution in [0, 0.1) is 0 Å². The van der Waals surface area contributed by atoms with E-state index in [2.05, 4.69) is 0 Å². The highest BCUT2D eigenvalue weighted by Gasteiger charge is 2.15. The molecule has 0 saturated carbocycles. The molecule has 18 heavy (non-hydrogen) atoms. The molecule has 1 rings (SSSR count). The van der Waals surface area contributed by atoms with Gasteiger partial charge in [0.15, 0.2) is 11.5 Å². The van der Waals surface area contributed by atoms with Gasteiger partial charge in [0.05, 0.1) is 6.61 Å². The molecule has 1 aromatic carbocycles. The fraction of sp³-hybridized carbons (Fsp3) is 0.455. The number of aliphatic hydroxyl groups is 1. The Balaban J connectivity index is 2.58. The van der Waals surface area contributed by atoms with Gasteiger partial charge in [-0.05, 0) is 19.1 Å². The second-order valence-electron chi connectivity index (χ2n) is 3.59.